The van der Waals surface area contributed by atoms with Crippen molar-refractivity contribution >= 4 is 17.3 Å². The highest BCUT2D eigenvalue weighted by Crippen LogP contribution is 2.31. The van der Waals surface area contributed by atoms with Crippen molar-refractivity contribution in [3.63, 3.8) is 0 Å². The molecule has 1 aromatic carbocycles. The van der Waals surface area contributed by atoms with Crippen LogP contribution in [-0.4, -0.2) is 23.9 Å². The lowest BCUT2D eigenvalue weighted by atomic mass is 9.98. The highest BCUT2D eigenvalue weighted by molar-refractivity contribution is 6.00. The van der Waals surface area contributed by atoms with Crippen LogP contribution in [0, 0.1) is 10.1 Å². The second-order valence-corrected chi connectivity index (χ2v) is 3.60. The number of nitro benzene ring substituents is 1. The molecule has 0 spiro atoms. The topological polar surface area (TPSA) is 84.3 Å². The molecule has 2 rings (SSSR count). The molecule has 1 aliphatic rings. The summed E-state index contributed by atoms with van der Waals surface area (Å²) in [6.45, 7) is 0. The number of hydrogen-bond acceptors (Lipinski definition) is 4. The number of likely N-dealkylation sites (N-methyl/N-ethyl adjacent to an activating group) is 1. The Kier molecular flexibility index (Phi) is 2.57. The van der Waals surface area contributed by atoms with Crippen LogP contribution in [-0.2, 0) is 11.2 Å². The molecular weight excluding hydrogens is 210 g/mol. The Bertz CT molecular complexity index is 459. The zero-order valence-corrected chi connectivity index (χ0v) is 8.69. The van der Waals surface area contributed by atoms with Crippen LogP contribution in [0.2, 0.25) is 0 Å². The third-order valence-corrected chi connectivity index (χ3v) is 2.66. The number of amides is 1. The van der Waals surface area contributed by atoms with E-state index in [4.69, 9.17) is 0 Å². The first-order chi connectivity index (χ1) is 7.63. The molecular formula is C10H11N3O3. The van der Waals surface area contributed by atoms with Gasteiger partial charge >= 0.3 is 0 Å². The first-order valence-corrected chi connectivity index (χ1v) is 4.88. The van der Waals surface area contributed by atoms with E-state index in [0.717, 1.165) is 5.56 Å². The summed E-state index contributed by atoms with van der Waals surface area (Å²) < 4.78 is 0. The van der Waals surface area contributed by atoms with Crippen LogP contribution in [0.4, 0.5) is 11.4 Å². The minimum absolute atomic E-state index is 0.0552. The van der Waals surface area contributed by atoms with E-state index in [1.165, 1.54) is 6.07 Å². The van der Waals surface area contributed by atoms with Crippen LogP contribution in [0.15, 0.2) is 18.2 Å². The fourth-order valence-electron chi connectivity index (χ4n) is 1.81. The molecule has 0 aliphatic carbocycles. The van der Waals surface area contributed by atoms with Gasteiger partial charge in [0.2, 0.25) is 5.91 Å². The predicted octanol–water partition coefficient (Wildman–Crippen LogP) is 0.677. The highest BCUT2D eigenvalue weighted by Gasteiger charge is 2.29. The molecule has 1 unspecified atom stereocenters. The molecule has 6 nitrogen and oxygen atoms in total. The van der Waals surface area contributed by atoms with Gasteiger partial charge in [0.25, 0.3) is 5.69 Å². The number of anilines is 1. The summed E-state index contributed by atoms with van der Waals surface area (Å²) in [5.41, 5.74) is 1.05. The molecule has 1 amide bonds. The van der Waals surface area contributed by atoms with Gasteiger partial charge in [-0.1, -0.05) is 12.1 Å². The minimum atomic E-state index is -0.487. The van der Waals surface area contributed by atoms with Gasteiger partial charge in [-0.25, -0.2) is 0 Å². The van der Waals surface area contributed by atoms with Crippen molar-refractivity contribution in [2.24, 2.45) is 0 Å². The Morgan fingerprint density at radius 2 is 2.31 bits per heavy atom. The van der Waals surface area contributed by atoms with Crippen molar-refractivity contribution in [3.05, 3.63) is 33.9 Å². The number of para-hydroxylation sites is 1. The number of fused-ring (bicyclic) bond motifs is 1. The van der Waals surface area contributed by atoms with E-state index in [-0.39, 0.29) is 17.6 Å². The van der Waals surface area contributed by atoms with Crippen LogP contribution in [0.5, 0.6) is 0 Å². The molecule has 1 aromatic rings. The number of carbonyl (C=O) groups excluding carboxylic acids is 1. The van der Waals surface area contributed by atoms with Crippen molar-refractivity contribution in [1.29, 1.82) is 0 Å². The number of rotatable bonds is 2. The van der Waals surface area contributed by atoms with E-state index in [0.29, 0.717) is 12.1 Å². The maximum atomic E-state index is 11.6. The van der Waals surface area contributed by atoms with Crippen molar-refractivity contribution in [2.75, 3.05) is 12.4 Å². The highest BCUT2D eigenvalue weighted by atomic mass is 16.6. The molecule has 0 aromatic heterocycles. The van der Waals surface area contributed by atoms with Gasteiger partial charge in [-0.3, -0.25) is 14.9 Å². The molecule has 2 N–H and O–H groups in total. The summed E-state index contributed by atoms with van der Waals surface area (Å²) >= 11 is 0. The lowest BCUT2D eigenvalue weighted by Crippen LogP contribution is -2.43. The number of nitrogens with one attached hydrogen (secondary N) is 2. The molecule has 84 valence electrons. The molecule has 0 saturated carbocycles. The second kappa shape index (κ2) is 3.90. The smallest absolute Gasteiger partial charge is 0.293 e. The Labute approximate surface area is 91.8 Å². The van der Waals surface area contributed by atoms with E-state index >= 15 is 0 Å². The predicted molar refractivity (Wildman–Crippen MR) is 58.3 cm³/mol. The van der Waals surface area contributed by atoms with Gasteiger partial charge < -0.3 is 10.6 Å². The zero-order valence-electron chi connectivity index (χ0n) is 8.69. The summed E-state index contributed by atoms with van der Waals surface area (Å²) in [7, 11) is 1.69. The third-order valence-electron chi connectivity index (χ3n) is 2.66. The number of nitrogens with zero attached hydrogens (tertiary/aromatic N) is 1. The minimum Gasteiger partial charge on any atom is -0.319 e. The van der Waals surface area contributed by atoms with Crippen LogP contribution >= 0.6 is 0 Å². The van der Waals surface area contributed by atoms with Crippen molar-refractivity contribution in [1.82, 2.24) is 5.32 Å². The Hall–Kier alpha value is -1.95. The van der Waals surface area contributed by atoms with Gasteiger partial charge in [-0.05, 0) is 19.0 Å². The van der Waals surface area contributed by atoms with Gasteiger partial charge in [0.1, 0.15) is 5.69 Å². The fraction of sp³-hybridized carbons (Fsp3) is 0.300. The van der Waals surface area contributed by atoms with Gasteiger partial charge in [0.05, 0.1) is 11.0 Å². The van der Waals surface area contributed by atoms with E-state index in [9.17, 15) is 14.9 Å². The molecule has 0 radical (unpaired) electrons. The quantitative estimate of drug-likeness (QED) is 0.568. The Balaban J connectivity index is 2.46. The number of hydrogen-bond donors (Lipinski definition) is 2. The van der Waals surface area contributed by atoms with Gasteiger partial charge in [0, 0.05) is 6.07 Å². The molecule has 0 fully saturated rings. The van der Waals surface area contributed by atoms with Gasteiger partial charge in [-0.15, -0.1) is 0 Å². The normalized spacial score (nSPS) is 18.8. The summed E-state index contributed by atoms with van der Waals surface area (Å²) in [5.74, 6) is -0.232. The molecule has 6 heteroatoms. The van der Waals surface area contributed by atoms with Crippen molar-refractivity contribution in [2.45, 2.75) is 12.5 Å². The Morgan fingerprint density at radius 1 is 1.56 bits per heavy atom. The van der Waals surface area contributed by atoms with E-state index in [1.54, 1.807) is 19.2 Å². The van der Waals surface area contributed by atoms with E-state index in [1.807, 2.05) is 0 Å². The largest absolute Gasteiger partial charge is 0.319 e. The molecule has 16 heavy (non-hydrogen) atoms. The molecule has 1 atom stereocenters. The SMILES string of the molecule is CNC1Cc2cccc([N+](=O)[O-])c2NC1=O. The number of nitro groups is 1. The zero-order chi connectivity index (χ0) is 11.7. The summed E-state index contributed by atoms with van der Waals surface area (Å²) in [5, 5.41) is 16.2. The van der Waals surface area contributed by atoms with Gasteiger partial charge in [-0.2, -0.15) is 0 Å². The summed E-state index contributed by atoms with van der Waals surface area (Å²) in [6, 6.07) is 4.47. The molecule has 1 heterocycles. The third kappa shape index (κ3) is 1.63. The average Bonchev–Trinajstić information content (AvgIpc) is 2.27. The second-order valence-electron chi connectivity index (χ2n) is 3.60. The number of benzene rings is 1. The molecule has 1 aliphatic heterocycles. The van der Waals surface area contributed by atoms with E-state index in [2.05, 4.69) is 10.6 Å². The number of carbonyl (C=O) groups is 1. The lowest BCUT2D eigenvalue weighted by molar-refractivity contribution is -0.384. The van der Waals surface area contributed by atoms with Crippen LogP contribution < -0.4 is 10.6 Å². The maximum Gasteiger partial charge on any atom is 0.293 e. The summed E-state index contributed by atoms with van der Waals surface area (Å²) in [4.78, 5) is 21.8. The van der Waals surface area contributed by atoms with E-state index < -0.39 is 4.92 Å². The van der Waals surface area contributed by atoms with Crippen molar-refractivity contribution < 1.29 is 9.72 Å². The van der Waals surface area contributed by atoms with Gasteiger partial charge in [0.15, 0.2) is 0 Å². The lowest BCUT2D eigenvalue weighted by Gasteiger charge is -2.23. The van der Waals surface area contributed by atoms with Crippen LogP contribution in [0.3, 0.4) is 0 Å². The first kappa shape index (κ1) is 10.6. The molecule has 0 bridgehead atoms. The van der Waals surface area contributed by atoms with Crippen molar-refractivity contribution in [3.8, 4) is 0 Å². The van der Waals surface area contributed by atoms with Crippen LogP contribution in [0.1, 0.15) is 5.56 Å². The Morgan fingerprint density at radius 3 is 2.94 bits per heavy atom. The molecule has 0 saturated heterocycles. The monoisotopic (exact) mass is 221 g/mol. The van der Waals surface area contributed by atoms with Crippen LogP contribution in [0.25, 0.3) is 0 Å². The average molecular weight is 221 g/mol. The maximum absolute atomic E-state index is 11.6. The standard InChI is InChI=1S/C10H11N3O3/c1-11-7-5-6-3-2-4-8(13(15)16)9(6)12-10(7)14/h2-4,7,11H,5H2,1H3,(H,12,14). The summed E-state index contributed by atoms with van der Waals surface area (Å²) in [6.07, 6.45) is 0.472. The first-order valence-electron chi connectivity index (χ1n) is 4.88. The fourth-order valence-corrected chi connectivity index (χ4v) is 1.81.